The van der Waals surface area contributed by atoms with Gasteiger partial charge in [-0.15, -0.1) is 0 Å². The summed E-state index contributed by atoms with van der Waals surface area (Å²) in [7, 11) is 0. The number of hydrogen-bond donors (Lipinski definition) is 1. The van der Waals surface area contributed by atoms with E-state index in [2.05, 4.69) is 4.98 Å². The lowest BCUT2D eigenvalue weighted by Gasteiger charge is -2.48. The maximum atomic E-state index is 15.1. The van der Waals surface area contributed by atoms with E-state index in [0.29, 0.717) is 11.0 Å². The summed E-state index contributed by atoms with van der Waals surface area (Å²) in [5.41, 5.74) is 5.90. The van der Waals surface area contributed by atoms with Crippen molar-refractivity contribution < 1.29 is 18.0 Å². The smallest absolute Gasteiger partial charge is 0.244 e. The lowest BCUT2D eigenvalue weighted by atomic mass is 9.63. The van der Waals surface area contributed by atoms with Crippen molar-refractivity contribution in [2.45, 2.75) is 69.7 Å². The van der Waals surface area contributed by atoms with E-state index in [0.717, 1.165) is 70.3 Å². The van der Waals surface area contributed by atoms with Gasteiger partial charge in [-0.2, -0.15) is 0 Å². The van der Waals surface area contributed by atoms with Crippen molar-refractivity contribution in [1.29, 1.82) is 0 Å². The molecule has 0 atom stereocenters. The predicted octanol–water partition coefficient (Wildman–Crippen LogP) is 6.46. The molecule has 2 fully saturated rings. The summed E-state index contributed by atoms with van der Waals surface area (Å²) in [6, 6.07) is 8.08. The van der Waals surface area contributed by atoms with E-state index < -0.39 is 28.9 Å². The maximum Gasteiger partial charge on any atom is 0.244 e. The number of imidazole rings is 1. The molecule has 4 nitrogen and oxygen atoms in total. The summed E-state index contributed by atoms with van der Waals surface area (Å²) < 4.78 is 45.7. The summed E-state index contributed by atoms with van der Waals surface area (Å²) >= 11 is 0. The highest BCUT2D eigenvalue weighted by Crippen LogP contribution is 2.50. The Bertz CT molecular complexity index is 1190. The van der Waals surface area contributed by atoms with Crippen molar-refractivity contribution in [2.75, 3.05) is 0 Å². The topological polar surface area (TPSA) is 60.9 Å². The minimum absolute atomic E-state index is 0.0474. The number of carbonyl (C=O) groups excluding carboxylic acids is 1. The standard InChI is InChI=1S/C27H30F3N3O/c28-19-14-15-22-23(16-19)33(25(32-22)20-12-7-13-21(29)24(20)30)27(26(31)34,17-8-3-1-4-9-17)18-10-5-2-6-11-18/h7,12-18H,1-6,8-11H2,(H2,31,34). The molecule has 0 unspecified atom stereocenters. The van der Waals surface area contributed by atoms with E-state index in [1.165, 1.54) is 30.3 Å². The van der Waals surface area contributed by atoms with Gasteiger partial charge in [0, 0.05) is 0 Å². The van der Waals surface area contributed by atoms with Crippen molar-refractivity contribution in [2.24, 2.45) is 17.6 Å². The van der Waals surface area contributed by atoms with Crippen molar-refractivity contribution in [1.82, 2.24) is 9.55 Å². The average Bonchev–Trinajstić information content (AvgIpc) is 3.21. The Balaban J connectivity index is 1.88. The van der Waals surface area contributed by atoms with Crippen LogP contribution in [-0.4, -0.2) is 15.5 Å². The van der Waals surface area contributed by atoms with Crippen molar-refractivity contribution >= 4 is 16.9 Å². The molecule has 34 heavy (non-hydrogen) atoms. The Kier molecular flexibility index (Phi) is 6.13. The van der Waals surface area contributed by atoms with Crippen LogP contribution < -0.4 is 5.73 Å². The van der Waals surface area contributed by atoms with Gasteiger partial charge in [-0.05, 0) is 67.9 Å². The zero-order chi connectivity index (χ0) is 23.9. The van der Waals surface area contributed by atoms with Crippen LogP contribution in [0.15, 0.2) is 36.4 Å². The van der Waals surface area contributed by atoms with Crippen LogP contribution in [0.1, 0.15) is 64.2 Å². The second-order valence-electron chi connectivity index (χ2n) is 9.86. The summed E-state index contributed by atoms with van der Waals surface area (Å²) in [6.07, 6.45) is 9.27. The first kappa shape index (κ1) is 22.9. The van der Waals surface area contributed by atoms with Gasteiger partial charge in [0.1, 0.15) is 17.2 Å². The van der Waals surface area contributed by atoms with E-state index in [9.17, 15) is 13.6 Å². The minimum atomic E-state index is -1.20. The highest BCUT2D eigenvalue weighted by Gasteiger charge is 2.53. The zero-order valence-electron chi connectivity index (χ0n) is 19.2. The Morgan fingerprint density at radius 3 is 2.12 bits per heavy atom. The van der Waals surface area contributed by atoms with Gasteiger partial charge in [-0.1, -0.05) is 44.6 Å². The molecule has 1 aromatic heterocycles. The van der Waals surface area contributed by atoms with Crippen molar-refractivity contribution in [3.05, 3.63) is 53.8 Å². The molecule has 5 rings (SSSR count). The second-order valence-corrected chi connectivity index (χ2v) is 9.86. The van der Waals surface area contributed by atoms with Crippen LogP contribution >= 0.6 is 0 Å². The Morgan fingerprint density at radius 1 is 0.912 bits per heavy atom. The first-order chi connectivity index (χ1) is 16.4. The van der Waals surface area contributed by atoms with Crippen LogP contribution in [0.2, 0.25) is 0 Å². The molecule has 2 saturated carbocycles. The van der Waals surface area contributed by atoms with Gasteiger partial charge in [0.15, 0.2) is 11.6 Å². The normalized spacial score (nSPS) is 18.4. The first-order valence-corrected chi connectivity index (χ1v) is 12.4. The first-order valence-electron chi connectivity index (χ1n) is 12.4. The molecule has 1 amide bonds. The molecule has 2 aliphatic rings. The number of halogens is 3. The molecule has 7 heteroatoms. The van der Waals surface area contributed by atoms with Gasteiger partial charge >= 0.3 is 0 Å². The maximum absolute atomic E-state index is 15.1. The molecular formula is C27H30F3N3O. The third-order valence-corrected chi connectivity index (χ3v) is 8.03. The van der Waals surface area contributed by atoms with Gasteiger partial charge in [0.25, 0.3) is 0 Å². The van der Waals surface area contributed by atoms with E-state index in [1.54, 1.807) is 4.57 Å². The molecule has 0 bridgehead atoms. The Morgan fingerprint density at radius 2 is 1.53 bits per heavy atom. The molecule has 2 aromatic carbocycles. The molecule has 1 heterocycles. The molecule has 2 aliphatic carbocycles. The summed E-state index contributed by atoms with van der Waals surface area (Å²) in [5.74, 6) is -3.05. The molecule has 0 spiro atoms. The fourth-order valence-electron chi connectivity index (χ4n) is 6.58. The molecule has 0 radical (unpaired) electrons. The quantitative estimate of drug-likeness (QED) is 0.466. The summed E-state index contributed by atoms with van der Waals surface area (Å²) in [5, 5.41) is 0. The van der Waals surface area contributed by atoms with Crippen LogP contribution in [0.5, 0.6) is 0 Å². The molecular weight excluding hydrogens is 439 g/mol. The van der Waals surface area contributed by atoms with Crippen LogP contribution in [0, 0.1) is 29.3 Å². The number of nitrogens with zero attached hydrogens (tertiary/aromatic N) is 2. The fourth-order valence-corrected chi connectivity index (χ4v) is 6.58. The van der Waals surface area contributed by atoms with Crippen LogP contribution in [0.3, 0.4) is 0 Å². The Hall–Kier alpha value is -2.83. The average molecular weight is 470 g/mol. The van der Waals surface area contributed by atoms with Crippen LogP contribution in [0.4, 0.5) is 13.2 Å². The van der Waals surface area contributed by atoms with Gasteiger partial charge in [0.05, 0.1) is 16.6 Å². The highest BCUT2D eigenvalue weighted by atomic mass is 19.2. The number of fused-ring (bicyclic) bond motifs is 1. The van der Waals surface area contributed by atoms with Crippen LogP contribution in [-0.2, 0) is 10.3 Å². The lowest BCUT2D eigenvalue weighted by molar-refractivity contribution is -0.135. The van der Waals surface area contributed by atoms with Gasteiger partial charge in [0.2, 0.25) is 5.91 Å². The third kappa shape index (κ3) is 3.60. The fraction of sp³-hybridized carbons (Fsp3) is 0.481. The number of carbonyl (C=O) groups is 1. The number of aromatic nitrogens is 2. The van der Waals surface area contributed by atoms with Gasteiger partial charge in [-0.25, -0.2) is 18.2 Å². The Labute approximate surface area is 197 Å². The second kappa shape index (κ2) is 9.08. The number of benzene rings is 2. The van der Waals surface area contributed by atoms with Crippen molar-refractivity contribution in [3.8, 4) is 11.4 Å². The highest BCUT2D eigenvalue weighted by molar-refractivity contribution is 5.90. The van der Waals surface area contributed by atoms with Gasteiger partial charge < -0.3 is 10.3 Å². The van der Waals surface area contributed by atoms with Crippen LogP contribution in [0.25, 0.3) is 22.4 Å². The zero-order valence-corrected chi connectivity index (χ0v) is 19.2. The lowest BCUT2D eigenvalue weighted by Crippen LogP contribution is -2.58. The number of nitrogens with two attached hydrogens (primary N) is 1. The monoisotopic (exact) mass is 469 g/mol. The number of primary amides is 1. The van der Waals surface area contributed by atoms with E-state index in [4.69, 9.17) is 5.73 Å². The molecule has 0 saturated heterocycles. The van der Waals surface area contributed by atoms with E-state index >= 15 is 4.39 Å². The predicted molar refractivity (Wildman–Crippen MR) is 125 cm³/mol. The summed E-state index contributed by atoms with van der Waals surface area (Å²) in [4.78, 5) is 18.3. The molecule has 180 valence electrons. The molecule has 2 N–H and O–H groups in total. The number of rotatable bonds is 5. The molecule has 3 aromatic rings. The summed E-state index contributed by atoms with van der Waals surface area (Å²) in [6.45, 7) is 0. The van der Waals surface area contributed by atoms with Crippen molar-refractivity contribution in [3.63, 3.8) is 0 Å². The largest absolute Gasteiger partial charge is 0.368 e. The minimum Gasteiger partial charge on any atom is -0.368 e. The number of amides is 1. The van der Waals surface area contributed by atoms with E-state index in [1.807, 2.05) is 0 Å². The molecule has 0 aliphatic heterocycles. The van der Waals surface area contributed by atoms with Gasteiger partial charge in [-0.3, -0.25) is 4.79 Å². The third-order valence-electron chi connectivity index (χ3n) is 8.03. The number of hydrogen-bond acceptors (Lipinski definition) is 2. The SMILES string of the molecule is NC(=O)C(C1CCCCC1)(C1CCCCC1)n1c(-c2cccc(F)c2F)nc2ccc(F)cc21. The van der Waals surface area contributed by atoms with E-state index in [-0.39, 0.29) is 23.2 Å².